The molecule has 0 saturated carbocycles. The molecule has 2 aromatic carbocycles. The molecule has 0 radical (unpaired) electrons. The first-order valence-electron chi connectivity index (χ1n) is 6.73. The molecule has 0 spiro atoms. The van der Waals surface area contributed by atoms with Crippen LogP contribution < -0.4 is 10.7 Å². The number of nitrogens with zero attached hydrogens (tertiary/aromatic N) is 1. The van der Waals surface area contributed by atoms with Crippen LogP contribution in [0.4, 0.5) is 5.69 Å². The van der Waals surface area contributed by atoms with Gasteiger partial charge in [-0.05, 0) is 48.1 Å². The summed E-state index contributed by atoms with van der Waals surface area (Å²) in [6, 6.07) is 11.9. The lowest BCUT2D eigenvalue weighted by molar-refractivity contribution is 0.0601. The van der Waals surface area contributed by atoms with Crippen LogP contribution in [0, 0.1) is 0 Å². The van der Waals surface area contributed by atoms with E-state index in [-0.39, 0.29) is 5.11 Å². The van der Waals surface area contributed by atoms with Crippen LogP contribution in [-0.4, -0.2) is 24.4 Å². The third-order valence-corrected chi connectivity index (χ3v) is 3.80. The number of ether oxygens (including phenoxy) is 1. The largest absolute Gasteiger partial charge is 0.465 e. The Morgan fingerprint density at radius 2 is 2.00 bits per heavy atom. The van der Waals surface area contributed by atoms with E-state index in [1.165, 1.54) is 7.11 Å². The Morgan fingerprint density at radius 3 is 2.71 bits per heavy atom. The maximum atomic E-state index is 11.5. The van der Waals surface area contributed by atoms with Crippen molar-refractivity contribution in [1.82, 2.24) is 5.43 Å². The molecule has 0 aliphatic rings. The molecule has 0 amide bonds. The maximum Gasteiger partial charge on any atom is 0.337 e. The molecule has 0 fully saturated rings. The number of hydrazone groups is 1. The van der Waals surface area contributed by atoms with E-state index >= 15 is 0 Å². The predicted octanol–water partition coefficient (Wildman–Crippen LogP) is 4.10. The fourth-order valence-corrected chi connectivity index (χ4v) is 2.24. The third-order valence-electron chi connectivity index (χ3n) is 2.86. The third kappa shape index (κ3) is 5.19. The number of thiocarbonyl (C=S) groups is 1. The Balaban J connectivity index is 1.94. The van der Waals surface area contributed by atoms with Gasteiger partial charge in [-0.1, -0.05) is 35.3 Å². The van der Waals surface area contributed by atoms with Gasteiger partial charge >= 0.3 is 5.97 Å². The van der Waals surface area contributed by atoms with Crippen molar-refractivity contribution in [2.24, 2.45) is 5.10 Å². The van der Waals surface area contributed by atoms with Gasteiger partial charge in [0.05, 0.1) is 28.9 Å². The average Bonchev–Trinajstić information content (AvgIpc) is 2.57. The molecule has 124 valence electrons. The number of nitrogens with one attached hydrogen (secondary N) is 2. The number of esters is 1. The van der Waals surface area contributed by atoms with Crippen LogP contribution in [0.3, 0.4) is 0 Å². The van der Waals surface area contributed by atoms with Crippen LogP contribution in [0.25, 0.3) is 0 Å². The smallest absolute Gasteiger partial charge is 0.337 e. The molecular weight excluding hydrogens is 369 g/mol. The first-order valence-corrected chi connectivity index (χ1v) is 7.89. The zero-order valence-corrected chi connectivity index (χ0v) is 14.9. The molecule has 0 heterocycles. The van der Waals surface area contributed by atoms with Crippen LogP contribution in [0.15, 0.2) is 47.6 Å². The number of hydrogen-bond donors (Lipinski definition) is 2. The van der Waals surface area contributed by atoms with Crippen molar-refractivity contribution < 1.29 is 9.53 Å². The summed E-state index contributed by atoms with van der Waals surface area (Å²) in [6.45, 7) is 0. The quantitative estimate of drug-likeness (QED) is 0.361. The number of rotatable bonds is 4. The second kappa shape index (κ2) is 8.63. The van der Waals surface area contributed by atoms with Crippen molar-refractivity contribution in [3.63, 3.8) is 0 Å². The average molecular weight is 382 g/mol. The predicted molar refractivity (Wildman–Crippen MR) is 101 cm³/mol. The van der Waals surface area contributed by atoms with Crippen molar-refractivity contribution in [2.75, 3.05) is 12.4 Å². The molecule has 0 atom stereocenters. The lowest BCUT2D eigenvalue weighted by Crippen LogP contribution is -2.24. The van der Waals surface area contributed by atoms with Gasteiger partial charge in [0.15, 0.2) is 5.11 Å². The van der Waals surface area contributed by atoms with E-state index in [0.717, 1.165) is 5.56 Å². The van der Waals surface area contributed by atoms with Crippen LogP contribution >= 0.6 is 35.4 Å². The summed E-state index contributed by atoms with van der Waals surface area (Å²) >= 11 is 16.9. The number of methoxy groups -OCH3 is 1. The van der Waals surface area contributed by atoms with Crippen molar-refractivity contribution in [3.8, 4) is 0 Å². The first kappa shape index (κ1) is 18.2. The van der Waals surface area contributed by atoms with Crippen molar-refractivity contribution >= 4 is 58.4 Å². The topological polar surface area (TPSA) is 62.7 Å². The van der Waals surface area contributed by atoms with Gasteiger partial charge in [0, 0.05) is 5.69 Å². The number of halogens is 2. The lowest BCUT2D eigenvalue weighted by Gasteiger charge is -2.08. The molecule has 5 nitrogen and oxygen atoms in total. The molecule has 2 N–H and O–H groups in total. The SMILES string of the molecule is COC(=O)c1cccc(NC(=S)N/N=C\c2ccc(Cl)c(Cl)c2)c1. The van der Waals surface area contributed by atoms with Gasteiger partial charge < -0.3 is 10.1 Å². The zero-order chi connectivity index (χ0) is 17.5. The molecule has 0 aliphatic carbocycles. The van der Waals surface area contributed by atoms with Gasteiger partial charge in [-0.25, -0.2) is 4.79 Å². The second-order valence-electron chi connectivity index (χ2n) is 4.57. The second-order valence-corrected chi connectivity index (χ2v) is 5.79. The van der Waals surface area contributed by atoms with E-state index in [0.29, 0.717) is 21.3 Å². The number of anilines is 1. The van der Waals surface area contributed by atoms with Crippen molar-refractivity contribution in [2.45, 2.75) is 0 Å². The standard InChI is InChI=1S/C16H13Cl2N3O2S/c1-23-15(22)11-3-2-4-12(8-11)20-16(24)21-19-9-10-5-6-13(17)14(18)7-10/h2-9H,1H3,(H2,20,21,24)/b19-9-. The zero-order valence-electron chi connectivity index (χ0n) is 12.5. The maximum absolute atomic E-state index is 11.5. The molecule has 2 aromatic rings. The summed E-state index contributed by atoms with van der Waals surface area (Å²) in [5, 5.41) is 8.12. The van der Waals surface area contributed by atoms with E-state index in [1.807, 2.05) is 0 Å². The fraction of sp³-hybridized carbons (Fsp3) is 0.0625. The Hall–Kier alpha value is -2.15. The summed E-state index contributed by atoms with van der Waals surface area (Å²) in [4.78, 5) is 11.5. The monoisotopic (exact) mass is 381 g/mol. The van der Waals surface area contributed by atoms with E-state index in [2.05, 4.69) is 20.6 Å². The molecular formula is C16H13Cl2N3O2S. The first-order chi connectivity index (χ1) is 11.5. The molecule has 0 saturated heterocycles. The minimum Gasteiger partial charge on any atom is -0.465 e. The Bertz CT molecular complexity index is 797. The van der Waals surface area contributed by atoms with Crippen LogP contribution in [0.2, 0.25) is 10.0 Å². The van der Waals surface area contributed by atoms with Crippen molar-refractivity contribution in [1.29, 1.82) is 0 Å². The van der Waals surface area contributed by atoms with Crippen LogP contribution in [-0.2, 0) is 4.74 Å². The minimum absolute atomic E-state index is 0.272. The van der Waals surface area contributed by atoms with E-state index < -0.39 is 5.97 Å². The molecule has 8 heteroatoms. The molecule has 0 aliphatic heterocycles. The number of hydrogen-bond acceptors (Lipinski definition) is 4. The van der Waals surface area contributed by atoms with Crippen LogP contribution in [0.1, 0.15) is 15.9 Å². The van der Waals surface area contributed by atoms with E-state index in [1.54, 1.807) is 48.7 Å². The highest BCUT2D eigenvalue weighted by atomic mass is 35.5. The number of carbonyl (C=O) groups excluding carboxylic acids is 1. The Morgan fingerprint density at radius 1 is 1.21 bits per heavy atom. The highest BCUT2D eigenvalue weighted by Crippen LogP contribution is 2.21. The molecule has 24 heavy (non-hydrogen) atoms. The highest BCUT2D eigenvalue weighted by Gasteiger charge is 2.06. The normalized spacial score (nSPS) is 10.5. The molecule has 0 unspecified atom stereocenters. The van der Waals surface area contributed by atoms with Gasteiger partial charge in [0.2, 0.25) is 0 Å². The molecule has 0 bridgehead atoms. The Kier molecular flexibility index (Phi) is 6.54. The minimum atomic E-state index is -0.421. The van der Waals surface area contributed by atoms with E-state index in [4.69, 9.17) is 35.4 Å². The Labute approximate surface area is 154 Å². The van der Waals surface area contributed by atoms with Gasteiger partial charge in [-0.3, -0.25) is 5.43 Å². The van der Waals surface area contributed by atoms with Crippen molar-refractivity contribution in [3.05, 3.63) is 63.6 Å². The van der Waals surface area contributed by atoms with E-state index in [9.17, 15) is 4.79 Å². The summed E-state index contributed by atoms with van der Waals surface area (Å²) in [7, 11) is 1.33. The van der Waals surface area contributed by atoms with Gasteiger partial charge in [-0.2, -0.15) is 5.10 Å². The summed E-state index contributed by atoms with van der Waals surface area (Å²) < 4.78 is 4.67. The number of carbonyl (C=O) groups is 1. The summed E-state index contributed by atoms with van der Waals surface area (Å²) in [6.07, 6.45) is 1.56. The summed E-state index contributed by atoms with van der Waals surface area (Å²) in [5.41, 5.74) is 4.50. The van der Waals surface area contributed by atoms with Gasteiger partial charge in [-0.15, -0.1) is 0 Å². The van der Waals surface area contributed by atoms with Gasteiger partial charge in [0.25, 0.3) is 0 Å². The molecule has 0 aromatic heterocycles. The highest BCUT2D eigenvalue weighted by molar-refractivity contribution is 7.80. The summed E-state index contributed by atoms with van der Waals surface area (Å²) in [5.74, 6) is -0.421. The number of benzene rings is 2. The van der Waals surface area contributed by atoms with Gasteiger partial charge in [0.1, 0.15) is 0 Å². The lowest BCUT2D eigenvalue weighted by atomic mass is 10.2. The fourth-order valence-electron chi connectivity index (χ4n) is 1.76. The molecule has 2 rings (SSSR count). The van der Waals surface area contributed by atoms with Crippen LogP contribution in [0.5, 0.6) is 0 Å².